The Bertz CT molecular complexity index is 646. The molecule has 118 valence electrons. The van der Waals surface area contributed by atoms with Crippen molar-refractivity contribution in [3.05, 3.63) is 42.0 Å². The lowest BCUT2D eigenvalue weighted by atomic mass is 9.98. The van der Waals surface area contributed by atoms with Crippen LogP contribution in [0.15, 0.2) is 36.4 Å². The Hall–Kier alpha value is -2.03. The van der Waals surface area contributed by atoms with Crippen molar-refractivity contribution in [1.29, 1.82) is 0 Å². The summed E-state index contributed by atoms with van der Waals surface area (Å²) in [6.45, 7) is 6.62. The van der Waals surface area contributed by atoms with Crippen molar-refractivity contribution in [1.82, 2.24) is 0 Å². The van der Waals surface area contributed by atoms with Crippen molar-refractivity contribution >= 4 is 16.7 Å². The molecule has 0 saturated carbocycles. The number of hydrogen-bond acceptors (Lipinski definition) is 3. The summed E-state index contributed by atoms with van der Waals surface area (Å²) in [6.07, 6.45) is 0.899. The first kappa shape index (κ1) is 16.3. The molecular formula is C19H24O3. The van der Waals surface area contributed by atoms with Crippen molar-refractivity contribution in [2.45, 2.75) is 33.1 Å². The highest BCUT2D eigenvalue weighted by Gasteiger charge is 2.17. The highest BCUT2D eigenvalue weighted by Crippen LogP contribution is 2.25. The lowest BCUT2D eigenvalue weighted by Gasteiger charge is -2.13. The van der Waals surface area contributed by atoms with Gasteiger partial charge in [0.15, 0.2) is 0 Å². The molecule has 2 rings (SSSR count). The fraction of sp³-hybridized carbons (Fsp3) is 0.421. The highest BCUT2D eigenvalue weighted by atomic mass is 16.5. The Balaban J connectivity index is 2.11. The van der Waals surface area contributed by atoms with Gasteiger partial charge in [0, 0.05) is 0 Å². The molecule has 0 heterocycles. The number of carbonyl (C=O) groups excluding carboxylic acids is 1. The second kappa shape index (κ2) is 7.30. The largest absolute Gasteiger partial charge is 0.497 e. The van der Waals surface area contributed by atoms with Gasteiger partial charge in [-0.1, -0.05) is 38.1 Å². The van der Waals surface area contributed by atoms with Crippen LogP contribution in [0.5, 0.6) is 5.75 Å². The second-order valence-corrected chi connectivity index (χ2v) is 6.04. The van der Waals surface area contributed by atoms with Crippen LogP contribution in [-0.2, 0) is 9.53 Å². The van der Waals surface area contributed by atoms with Gasteiger partial charge >= 0.3 is 5.97 Å². The smallest absolute Gasteiger partial charge is 0.313 e. The Morgan fingerprint density at radius 3 is 2.41 bits per heavy atom. The van der Waals surface area contributed by atoms with Gasteiger partial charge in [0.2, 0.25) is 0 Å². The van der Waals surface area contributed by atoms with Crippen LogP contribution in [0.1, 0.15) is 38.7 Å². The number of benzene rings is 2. The van der Waals surface area contributed by atoms with E-state index in [-0.39, 0.29) is 11.9 Å². The van der Waals surface area contributed by atoms with Crippen LogP contribution in [0.4, 0.5) is 0 Å². The van der Waals surface area contributed by atoms with Crippen molar-refractivity contribution in [3.8, 4) is 5.75 Å². The van der Waals surface area contributed by atoms with Crippen LogP contribution in [-0.4, -0.2) is 19.7 Å². The number of ether oxygens (including phenoxy) is 2. The Morgan fingerprint density at radius 2 is 1.73 bits per heavy atom. The molecule has 0 saturated heterocycles. The summed E-state index contributed by atoms with van der Waals surface area (Å²) in [4.78, 5) is 12.1. The van der Waals surface area contributed by atoms with Gasteiger partial charge in [0.05, 0.1) is 19.6 Å². The van der Waals surface area contributed by atoms with Crippen LogP contribution in [0.3, 0.4) is 0 Å². The van der Waals surface area contributed by atoms with Crippen LogP contribution < -0.4 is 4.74 Å². The summed E-state index contributed by atoms with van der Waals surface area (Å²) < 4.78 is 10.6. The summed E-state index contributed by atoms with van der Waals surface area (Å²) in [7, 11) is 1.66. The molecule has 22 heavy (non-hydrogen) atoms. The first-order chi connectivity index (χ1) is 10.5. The minimum absolute atomic E-state index is 0.159. The number of carbonyl (C=O) groups is 1. The summed E-state index contributed by atoms with van der Waals surface area (Å²) in [5.74, 6) is 0.965. The predicted octanol–water partition coefficient (Wildman–Crippen LogP) is 4.54. The molecule has 0 spiro atoms. The molecule has 0 radical (unpaired) electrons. The molecular weight excluding hydrogens is 276 g/mol. The zero-order chi connectivity index (χ0) is 16.1. The Kier molecular flexibility index (Phi) is 5.42. The molecule has 0 bridgehead atoms. The minimum atomic E-state index is -0.251. The maximum atomic E-state index is 12.1. The van der Waals surface area contributed by atoms with Gasteiger partial charge in [-0.3, -0.25) is 4.79 Å². The van der Waals surface area contributed by atoms with Crippen molar-refractivity contribution in [3.63, 3.8) is 0 Å². The molecule has 2 aromatic carbocycles. The second-order valence-electron chi connectivity index (χ2n) is 6.04. The van der Waals surface area contributed by atoms with Crippen LogP contribution in [0, 0.1) is 5.92 Å². The molecule has 0 N–H and O–H groups in total. The van der Waals surface area contributed by atoms with Gasteiger partial charge in [0.25, 0.3) is 0 Å². The lowest BCUT2D eigenvalue weighted by Crippen LogP contribution is -2.14. The number of hydrogen-bond donors (Lipinski definition) is 0. The van der Waals surface area contributed by atoms with E-state index in [1.54, 1.807) is 7.11 Å². The summed E-state index contributed by atoms with van der Waals surface area (Å²) in [5, 5.41) is 2.20. The molecule has 3 nitrogen and oxygen atoms in total. The van der Waals surface area contributed by atoms with Gasteiger partial charge in [-0.2, -0.15) is 0 Å². The van der Waals surface area contributed by atoms with Crippen LogP contribution in [0.25, 0.3) is 10.8 Å². The molecule has 1 atom stereocenters. The molecule has 1 unspecified atom stereocenters. The van der Waals surface area contributed by atoms with Crippen LogP contribution in [0.2, 0.25) is 0 Å². The third-order valence-corrected chi connectivity index (χ3v) is 3.86. The predicted molar refractivity (Wildman–Crippen MR) is 89.3 cm³/mol. The van der Waals surface area contributed by atoms with Crippen molar-refractivity contribution in [2.75, 3.05) is 13.7 Å². The zero-order valence-corrected chi connectivity index (χ0v) is 13.8. The van der Waals surface area contributed by atoms with Gasteiger partial charge < -0.3 is 9.47 Å². The summed E-state index contributed by atoms with van der Waals surface area (Å²) in [5.41, 5.74) is 0.979. The molecule has 0 aliphatic rings. The van der Waals surface area contributed by atoms with E-state index in [0.29, 0.717) is 12.5 Å². The molecule has 0 aliphatic carbocycles. The average molecular weight is 300 g/mol. The first-order valence-corrected chi connectivity index (χ1v) is 7.75. The number of methoxy groups -OCH3 is 1. The van der Waals surface area contributed by atoms with Gasteiger partial charge in [-0.05, 0) is 47.7 Å². The standard InChI is InChI=1S/C19H24O3/c1-13(2)9-10-22-19(20)14(3)15-5-6-17-12-18(21-4)8-7-16(17)11-15/h5-8,11-14H,9-10H2,1-4H3. The van der Waals surface area contributed by atoms with Gasteiger partial charge in [-0.25, -0.2) is 0 Å². The molecule has 3 heteroatoms. The Labute approximate surface area is 132 Å². The monoisotopic (exact) mass is 300 g/mol. The topological polar surface area (TPSA) is 35.5 Å². The number of esters is 1. The van der Waals surface area contributed by atoms with E-state index in [9.17, 15) is 4.79 Å². The lowest BCUT2D eigenvalue weighted by molar-refractivity contribution is -0.145. The molecule has 0 aliphatic heterocycles. The minimum Gasteiger partial charge on any atom is -0.497 e. The summed E-state index contributed by atoms with van der Waals surface area (Å²) >= 11 is 0. The SMILES string of the molecule is COc1ccc2cc(C(C)C(=O)OCCC(C)C)ccc2c1. The van der Waals surface area contributed by atoms with Crippen LogP contribution >= 0.6 is 0 Å². The van der Waals surface area contributed by atoms with Gasteiger partial charge in [0.1, 0.15) is 5.75 Å². The van der Waals surface area contributed by atoms with E-state index >= 15 is 0 Å². The fourth-order valence-corrected chi connectivity index (χ4v) is 2.29. The van der Waals surface area contributed by atoms with E-state index in [1.165, 1.54) is 0 Å². The van der Waals surface area contributed by atoms with E-state index in [0.717, 1.165) is 28.5 Å². The van der Waals surface area contributed by atoms with Crippen molar-refractivity contribution < 1.29 is 14.3 Å². The fourth-order valence-electron chi connectivity index (χ4n) is 2.29. The zero-order valence-electron chi connectivity index (χ0n) is 13.8. The van der Waals surface area contributed by atoms with Crippen molar-refractivity contribution in [2.24, 2.45) is 5.92 Å². The third-order valence-electron chi connectivity index (χ3n) is 3.86. The van der Waals surface area contributed by atoms with Gasteiger partial charge in [-0.15, -0.1) is 0 Å². The molecule has 0 fully saturated rings. The maximum Gasteiger partial charge on any atom is 0.313 e. The molecule has 0 aromatic heterocycles. The molecule has 2 aromatic rings. The number of fused-ring (bicyclic) bond motifs is 1. The van der Waals surface area contributed by atoms with E-state index in [1.807, 2.05) is 43.3 Å². The first-order valence-electron chi connectivity index (χ1n) is 7.75. The normalized spacial score (nSPS) is 12.4. The maximum absolute atomic E-state index is 12.1. The Morgan fingerprint density at radius 1 is 1.05 bits per heavy atom. The average Bonchev–Trinajstić information content (AvgIpc) is 2.52. The summed E-state index contributed by atoms with van der Waals surface area (Å²) in [6, 6.07) is 12.0. The van der Waals surface area contributed by atoms with E-state index < -0.39 is 0 Å². The molecule has 0 amide bonds. The number of rotatable bonds is 6. The quantitative estimate of drug-likeness (QED) is 0.735. The van der Waals surface area contributed by atoms with E-state index in [2.05, 4.69) is 13.8 Å². The van der Waals surface area contributed by atoms with E-state index in [4.69, 9.17) is 9.47 Å². The highest BCUT2D eigenvalue weighted by molar-refractivity contribution is 5.86. The third kappa shape index (κ3) is 4.00.